The van der Waals surface area contributed by atoms with Gasteiger partial charge >= 0.3 is 0 Å². The van der Waals surface area contributed by atoms with Crippen molar-refractivity contribution in [1.29, 1.82) is 0 Å². The molecule has 0 aliphatic rings. The molecular formula is C18H19Cl2NO2S. The maximum Gasteiger partial charge on any atom is 0.225 e. The van der Waals surface area contributed by atoms with Crippen molar-refractivity contribution < 1.29 is 9.53 Å². The molecule has 0 fully saturated rings. The van der Waals surface area contributed by atoms with Gasteiger partial charge in [-0.25, -0.2) is 0 Å². The second-order valence-corrected chi connectivity index (χ2v) is 6.95. The van der Waals surface area contributed by atoms with Crippen LogP contribution in [0.15, 0.2) is 42.5 Å². The summed E-state index contributed by atoms with van der Waals surface area (Å²) < 4.78 is 5.50. The van der Waals surface area contributed by atoms with Crippen molar-refractivity contribution in [2.24, 2.45) is 0 Å². The van der Waals surface area contributed by atoms with Crippen LogP contribution >= 0.6 is 35.0 Å². The number of halogens is 2. The van der Waals surface area contributed by atoms with E-state index in [2.05, 4.69) is 5.32 Å². The van der Waals surface area contributed by atoms with Crippen LogP contribution in [-0.4, -0.2) is 18.3 Å². The minimum absolute atomic E-state index is 0.0243. The molecule has 0 atom stereocenters. The summed E-state index contributed by atoms with van der Waals surface area (Å²) in [6.07, 6.45) is 0.437. The van der Waals surface area contributed by atoms with Crippen LogP contribution in [0.1, 0.15) is 18.9 Å². The van der Waals surface area contributed by atoms with E-state index < -0.39 is 0 Å². The summed E-state index contributed by atoms with van der Waals surface area (Å²) >= 11 is 13.6. The van der Waals surface area contributed by atoms with Crippen LogP contribution in [0.3, 0.4) is 0 Å². The first kappa shape index (κ1) is 19.0. The predicted octanol–water partition coefficient (Wildman–Crippen LogP) is 5.65. The van der Waals surface area contributed by atoms with Crippen LogP contribution < -0.4 is 10.1 Å². The number of carbonyl (C=O) groups is 1. The summed E-state index contributed by atoms with van der Waals surface area (Å²) in [6.45, 7) is 2.48. The van der Waals surface area contributed by atoms with Crippen molar-refractivity contribution in [2.75, 3.05) is 17.7 Å². The Morgan fingerprint density at radius 1 is 1.17 bits per heavy atom. The fourth-order valence-electron chi connectivity index (χ4n) is 2.05. The zero-order chi connectivity index (χ0) is 17.4. The third-order valence-electron chi connectivity index (χ3n) is 3.19. The Balaban J connectivity index is 1.76. The van der Waals surface area contributed by atoms with Crippen molar-refractivity contribution in [3.63, 3.8) is 0 Å². The zero-order valence-electron chi connectivity index (χ0n) is 13.4. The standard InChI is InChI=1S/C18H19Cl2NO2S/c1-2-23-17-6-4-3-5-16(17)21-18(22)9-10-24-12-13-7-8-14(19)15(20)11-13/h3-8,11H,2,9-10,12H2,1H3,(H,21,22). The molecule has 1 N–H and O–H groups in total. The van der Waals surface area contributed by atoms with Crippen molar-refractivity contribution in [3.8, 4) is 5.75 Å². The summed E-state index contributed by atoms with van der Waals surface area (Å²) in [6, 6.07) is 13.0. The SMILES string of the molecule is CCOc1ccccc1NC(=O)CCSCc1ccc(Cl)c(Cl)c1. The van der Waals surface area contributed by atoms with E-state index in [1.165, 1.54) is 0 Å². The highest BCUT2D eigenvalue weighted by molar-refractivity contribution is 7.98. The van der Waals surface area contributed by atoms with Gasteiger partial charge in [0.1, 0.15) is 5.75 Å². The lowest BCUT2D eigenvalue weighted by molar-refractivity contribution is -0.115. The van der Waals surface area contributed by atoms with E-state index in [4.69, 9.17) is 27.9 Å². The van der Waals surface area contributed by atoms with Gasteiger partial charge < -0.3 is 10.1 Å². The number of rotatable bonds is 8. The van der Waals surface area contributed by atoms with Gasteiger partial charge in [0.05, 0.1) is 22.3 Å². The van der Waals surface area contributed by atoms with Crippen LogP contribution in [-0.2, 0) is 10.5 Å². The van der Waals surface area contributed by atoms with Crippen molar-refractivity contribution in [3.05, 3.63) is 58.1 Å². The fraction of sp³-hybridized carbons (Fsp3) is 0.278. The van der Waals surface area contributed by atoms with Crippen LogP contribution in [0.5, 0.6) is 5.75 Å². The summed E-state index contributed by atoms with van der Waals surface area (Å²) in [5.41, 5.74) is 1.80. The largest absolute Gasteiger partial charge is 0.492 e. The highest BCUT2D eigenvalue weighted by Gasteiger charge is 2.07. The molecule has 0 aromatic heterocycles. The van der Waals surface area contributed by atoms with Gasteiger partial charge in [-0.05, 0) is 36.8 Å². The molecule has 2 aromatic rings. The highest BCUT2D eigenvalue weighted by atomic mass is 35.5. The van der Waals surface area contributed by atoms with Crippen LogP contribution in [0.2, 0.25) is 10.0 Å². The summed E-state index contributed by atoms with van der Waals surface area (Å²) in [5, 5.41) is 4.00. The number of amides is 1. The Morgan fingerprint density at radius 3 is 2.71 bits per heavy atom. The molecule has 0 unspecified atom stereocenters. The molecule has 0 saturated heterocycles. The number of anilines is 1. The first-order valence-corrected chi connectivity index (χ1v) is 9.54. The van der Waals surface area contributed by atoms with Gasteiger partial charge in [0.15, 0.2) is 0 Å². The second kappa shape index (κ2) is 9.82. The Kier molecular flexibility index (Phi) is 7.76. The normalized spacial score (nSPS) is 10.5. The average molecular weight is 384 g/mol. The Bertz CT molecular complexity index is 694. The van der Waals surface area contributed by atoms with E-state index in [0.717, 1.165) is 17.1 Å². The van der Waals surface area contributed by atoms with E-state index in [1.54, 1.807) is 17.8 Å². The van der Waals surface area contributed by atoms with Crippen molar-refractivity contribution in [2.45, 2.75) is 19.1 Å². The van der Waals surface area contributed by atoms with Crippen LogP contribution in [0, 0.1) is 0 Å². The molecule has 1 amide bonds. The van der Waals surface area contributed by atoms with Crippen molar-refractivity contribution >= 4 is 46.6 Å². The van der Waals surface area contributed by atoms with Gasteiger partial charge in [-0.2, -0.15) is 11.8 Å². The van der Waals surface area contributed by atoms with E-state index in [-0.39, 0.29) is 5.91 Å². The molecule has 24 heavy (non-hydrogen) atoms. The minimum atomic E-state index is -0.0243. The lowest BCUT2D eigenvalue weighted by Crippen LogP contribution is -2.13. The quantitative estimate of drug-likeness (QED) is 0.598. The maximum absolute atomic E-state index is 12.1. The number of hydrogen-bond acceptors (Lipinski definition) is 3. The number of ether oxygens (including phenoxy) is 1. The molecule has 0 bridgehead atoms. The third-order valence-corrected chi connectivity index (χ3v) is 4.96. The summed E-state index contributed by atoms with van der Waals surface area (Å²) in [5.74, 6) is 2.18. The van der Waals surface area contributed by atoms with Crippen molar-refractivity contribution in [1.82, 2.24) is 0 Å². The Labute approximate surface area is 156 Å². The molecule has 128 valence electrons. The molecular weight excluding hydrogens is 365 g/mol. The minimum Gasteiger partial charge on any atom is -0.492 e. The van der Waals surface area contributed by atoms with Gasteiger partial charge in [-0.15, -0.1) is 0 Å². The lowest BCUT2D eigenvalue weighted by Gasteiger charge is -2.11. The van der Waals surface area contributed by atoms with Gasteiger partial charge in [-0.1, -0.05) is 41.4 Å². The number of carbonyl (C=O) groups excluding carboxylic acids is 1. The average Bonchev–Trinajstić information content (AvgIpc) is 2.57. The van der Waals surface area contributed by atoms with Gasteiger partial charge in [0.2, 0.25) is 5.91 Å². The molecule has 0 spiro atoms. The van der Waals surface area contributed by atoms with Gasteiger partial charge in [-0.3, -0.25) is 4.79 Å². The Hall–Kier alpha value is -1.36. The number of para-hydroxylation sites is 2. The Morgan fingerprint density at radius 2 is 1.96 bits per heavy atom. The lowest BCUT2D eigenvalue weighted by atomic mass is 10.2. The maximum atomic E-state index is 12.1. The summed E-state index contributed by atoms with van der Waals surface area (Å²) in [7, 11) is 0. The second-order valence-electron chi connectivity index (χ2n) is 5.03. The number of hydrogen-bond donors (Lipinski definition) is 1. The molecule has 0 aliphatic heterocycles. The predicted molar refractivity (Wildman–Crippen MR) is 103 cm³/mol. The number of nitrogens with one attached hydrogen (secondary N) is 1. The number of benzene rings is 2. The molecule has 0 radical (unpaired) electrons. The summed E-state index contributed by atoms with van der Waals surface area (Å²) in [4.78, 5) is 12.1. The van der Waals surface area contributed by atoms with E-state index in [9.17, 15) is 4.79 Å². The molecule has 2 aromatic carbocycles. The van der Waals surface area contributed by atoms with Gasteiger partial charge in [0.25, 0.3) is 0 Å². The van der Waals surface area contributed by atoms with Crippen LogP contribution in [0.4, 0.5) is 5.69 Å². The smallest absolute Gasteiger partial charge is 0.225 e. The molecule has 0 saturated carbocycles. The molecule has 6 heteroatoms. The van der Waals surface area contributed by atoms with E-state index in [1.807, 2.05) is 43.3 Å². The van der Waals surface area contributed by atoms with Gasteiger partial charge in [0, 0.05) is 17.9 Å². The number of thioether (sulfide) groups is 1. The third kappa shape index (κ3) is 5.93. The van der Waals surface area contributed by atoms with Crippen LogP contribution in [0.25, 0.3) is 0 Å². The zero-order valence-corrected chi connectivity index (χ0v) is 15.7. The monoisotopic (exact) mass is 383 g/mol. The highest BCUT2D eigenvalue weighted by Crippen LogP contribution is 2.26. The molecule has 0 aliphatic carbocycles. The fourth-order valence-corrected chi connectivity index (χ4v) is 3.26. The van der Waals surface area contributed by atoms with E-state index >= 15 is 0 Å². The first-order valence-electron chi connectivity index (χ1n) is 7.63. The molecule has 2 rings (SSSR count). The van der Waals surface area contributed by atoms with E-state index in [0.29, 0.717) is 34.5 Å². The molecule has 0 heterocycles. The topological polar surface area (TPSA) is 38.3 Å². The first-order chi connectivity index (χ1) is 11.6. The molecule has 3 nitrogen and oxygen atoms in total.